The minimum absolute atomic E-state index is 0.00606. The van der Waals surface area contributed by atoms with Crippen molar-refractivity contribution in [1.82, 2.24) is 0 Å². The summed E-state index contributed by atoms with van der Waals surface area (Å²) in [5.74, 6) is -0.617. The van der Waals surface area contributed by atoms with Crippen LogP contribution in [0.3, 0.4) is 0 Å². The molecule has 1 aliphatic heterocycles. The first kappa shape index (κ1) is 9.89. The van der Waals surface area contributed by atoms with E-state index < -0.39 is 5.97 Å². The van der Waals surface area contributed by atoms with Crippen LogP contribution in [0.2, 0.25) is 0 Å². The molecule has 0 aliphatic carbocycles. The maximum absolute atomic E-state index is 11.1. The Labute approximate surface area is 77.1 Å². The van der Waals surface area contributed by atoms with E-state index in [9.17, 15) is 9.90 Å². The largest absolute Gasteiger partial charge is 0.508 e. The molecule has 0 saturated heterocycles. The summed E-state index contributed by atoms with van der Waals surface area (Å²) in [6.45, 7) is 0.467. The van der Waals surface area contributed by atoms with Gasteiger partial charge < -0.3 is 14.6 Å². The molecule has 0 aromatic heterocycles. The summed E-state index contributed by atoms with van der Waals surface area (Å²) < 4.78 is 9.58. The fraction of sp³-hybridized carbons (Fsp3) is 0.667. The molecule has 0 amide bonds. The molecule has 13 heavy (non-hydrogen) atoms. The van der Waals surface area contributed by atoms with Crippen molar-refractivity contribution in [1.29, 1.82) is 0 Å². The molecular weight excluding hydrogens is 172 g/mol. The Bertz CT molecular complexity index is 220. The summed E-state index contributed by atoms with van der Waals surface area (Å²) in [6.07, 6.45) is 3.30. The van der Waals surface area contributed by atoms with Gasteiger partial charge in [0, 0.05) is 6.42 Å². The summed E-state index contributed by atoms with van der Waals surface area (Å²) in [5.41, 5.74) is 0. The summed E-state index contributed by atoms with van der Waals surface area (Å²) >= 11 is 0. The van der Waals surface area contributed by atoms with Gasteiger partial charge in [-0.05, 0) is 19.3 Å². The minimum atomic E-state index is -0.598. The lowest BCUT2D eigenvalue weighted by Gasteiger charge is -2.13. The monoisotopic (exact) mass is 186 g/mol. The molecule has 1 heterocycles. The van der Waals surface area contributed by atoms with Crippen molar-refractivity contribution in [2.45, 2.75) is 25.7 Å². The number of hydrogen-bond donors (Lipinski definition) is 1. The number of methoxy groups -OCH3 is 1. The Balaban J connectivity index is 2.73. The number of rotatable bonds is 1. The second kappa shape index (κ2) is 4.74. The van der Waals surface area contributed by atoms with E-state index in [2.05, 4.69) is 4.74 Å². The van der Waals surface area contributed by atoms with Gasteiger partial charge in [-0.3, -0.25) is 0 Å². The Morgan fingerprint density at radius 1 is 1.46 bits per heavy atom. The van der Waals surface area contributed by atoms with E-state index in [-0.39, 0.29) is 11.5 Å². The third kappa shape index (κ3) is 2.65. The van der Waals surface area contributed by atoms with Gasteiger partial charge in [0.2, 0.25) is 5.76 Å². The maximum Gasteiger partial charge on any atom is 0.376 e. The topological polar surface area (TPSA) is 55.8 Å². The number of aliphatic hydroxyl groups is 1. The van der Waals surface area contributed by atoms with Crippen LogP contribution in [0.4, 0.5) is 0 Å². The van der Waals surface area contributed by atoms with Crippen molar-refractivity contribution in [3.8, 4) is 0 Å². The van der Waals surface area contributed by atoms with Crippen LogP contribution >= 0.6 is 0 Å². The van der Waals surface area contributed by atoms with Gasteiger partial charge in [0.1, 0.15) is 5.76 Å². The summed E-state index contributed by atoms with van der Waals surface area (Å²) in [5, 5.41) is 9.43. The molecule has 74 valence electrons. The van der Waals surface area contributed by atoms with Gasteiger partial charge in [0.25, 0.3) is 0 Å². The Hall–Kier alpha value is -1.19. The molecule has 1 aliphatic rings. The van der Waals surface area contributed by atoms with Crippen molar-refractivity contribution < 1.29 is 19.4 Å². The van der Waals surface area contributed by atoms with E-state index in [1.807, 2.05) is 0 Å². The zero-order valence-electron chi connectivity index (χ0n) is 7.71. The van der Waals surface area contributed by atoms with Crippen LogP contribution in [-0.2, 0) is 14.3 Å². The Morgan fingerprint density at radius 3 is 2.92 bits per heavy atom. The average molecular weight is 186 g/mol. The summed E-state index contributed by atoms with van der Waals surface area (Å²) in [7, 11) is 1.27. The predicted molar refractivity (Wildman–Crippen MR) is 46.1 cm³/mol. The van der Waals surface area contributed by atoms with Crippen molar-refractivity contribution in [2.24, 2.45) is 0 Å². The minimum Gasteiger partial charge on any atom is -0.508 e. The predicted octanol–water partition coefficient (Wildman–Crippen LogP) is 1.52. The van der Waals surface area contributed by atoms with Crippen LogP contribution in [0.5, 0.6) is 0 Å². The van der Waals surface area contributed by atoms with Crippen LogP contribution in [0.25, 0.3) is 0 Å². The lowest BCUT2D eigenvalue weighted by atomic mass is 10.1. The number of esters is 1. The molecular formula is C9H14O4. The van der Waals surface area contributed by atoms with Gasteiger partial charge in [-0.15, -0.1) is 0 Å². The normalized spacial score (nSPS) is 24.1. The molecule has 0 atom stereocenters. The third-order valence-electron chi connectivity index (χ3n) is 1.94. The van der Waals surface area contributed by atoms with Gasteiger partial charge in [-0.2, -0.15) is 0 Å². The molecule has 0 aromatic carbocycles. The summed E-state index contributed by atoms with van der Waals surface area (Å²) in [6, 6.07) is 0. The molecule has 0 bridgehead atoms. The first-order valence-electron chi connectivity index (χ1n) is 4.39. The quantitative estimate of drug-likeness (QED) is 0.631. The molecule has 0 aromatic rings. The number of aliphatic hydroxyl groups excluding tert-OH is 1. The molecule has 4 heteroatoms. The molecule has 1 N–H and O–H groups in total. The molecule has 0 unspecified atom stereocenters. The van der Waals surface area contributed by atoms with E-state index in [1.54, 1.807) is 0 Å². The fourth-order valence-electron chi connectivity index (χ4n) is 1.21. The third-order valence-corrected chi connectivity index (χ3v) is 1.94. The van der Waals surface area contributed by atoms with E-state index in [1.165, 1.54) is 7.11 Å². The highest BCUT2D eigenvalue weighted by molar-refractivity contribution is 5.86. The fourth-order valence-corrected chi connectivity index (χ4v) is 1.21. The Morgan fingerprint density at radius 2 is 2.23 bits per heavy atom. The van der Waals surface area contributed by atoms with Crippen molar-refractivity contribution in [3.63, 3.8) is 0 Å². The van der Waals surface area contributed by atoms with E-state index in [0.717, 1.165) is 19.3 Å². The number of carbonyl (C=O) groups excluding carboxylic acids is 1. The first-order chi connectivity index (χ1) is 6.25. The highest BCUT2D eigenvalue weighted by Crippen LogP contribution is 2.17. The van der Waals surface area contributed by atoms with Crippen LogP contribution in [0.15, 0.2) is 11.5 Å². The summed E-state index contributed by atoms with van der Waals surface area (Å²) in [4.78, 5) is 11.1. The molecule has 0 fully saturated rings. The van der Waals surface area contributed by atoms with Gasteiger partial charge in [0.05, 0.1) is 13.7 Å². The zero-order chi connectivity index (χ0) is 9.68. The second-order valence-corrected chi connectivity index (χ2v) is 2.93. The van der Waals surface area contributed by atoms with Crippen LogP contribution in [0, 0.1) is 0 Å². The van der Waals surface area contributed by atoms with Crippen LogP contribution in [-0.4, -0.2) is 24.8 Å². The number of carbonyl (C=O) groups is 1. The van der Waals surface area contributed by atoms with Crippen molar-refractivity contribution >= 4 is 5.97 Å². The van der Waals surface area contributed by atoms with Gasteiger partial charge >= 0.3 is 5.97 Å². The standard InChI is InChI=1S/C9H14O4/c1-12-9(11)8-7(10)5-3-2-4-6-13-8/h10H,2-6H2,1H3/b8-7+. The lowest BCUT2D eigenvalue weighted by molar-refractivity contribution is -0.140. The van der Waals surface area contributed by atoms with E-state index in [4.69, 9.17) is 4.74 Å². The van der Waals surface area contributed by atoms with Gasteiger partial charge in [-0.1, -0.05) is 0 Å². The smallest absolute Gasteiger partial charge is 0.376 e. The highest BCUT2D eigenvalue weighted by Gasteiger charge is 2.18. The average Bonchev–Trinajstić information content (AvgIpc) is 2.11. The Kier molecular flexibility index (Phi) is 3.61. The SMILES string of the molecule is COC(=O)/C1=C(\O)CCCCCO1. The number of allylic oxidation sites excluding steroid dienone is 1. The molecule has 0 saturated carbocycles. The molecule has 1 rings (SSSR count). The molecule has 4 nitrogen and oxygen atoms in total. The maximum atomic E-state index is 11.1. The van der Waals surface area contributed by atoms with E-state index >= 15 is 0 Å². The van der Waals surface area contributed by atoms with Crippen molar-refractivity contribution in [3.05, 3.63) is 11.5 Å². The zero-order valence-corrected chi connectivity index (χ0v) is 7.71. The van der Waals surface area contributed by atoms with Crippen LogP contribution in [0.1, 0.15) is 25.7 Å². The molecule has 0 spiro atoms. The van der Waals surface area contributed by atoms with Crippen molar-refractivity contribution in [2.75, 3.05) is 13.7 Å². The molecule has 0 radical (unpaired) electrons. The lowest BCUT2D eigenvalue weighted by Crippen LogP contribution is -2.13. The number of hydrogen-bond acceptors (Lipinski definition) is 4. The first-order valence-corrected chi connectivity index (χ1v) is 4.39. The number of ether oxygens (including phenoxy) is 2. The van der Waals surface area contributed by atoms with Gasteiger partial charge in [-0.25, -0.2) is 4.79 Å². The second-order valence-electron chi connectivity index (χ2n) is 2.93. The van der Waals surface area contributed by atoms with Gasteiger partial charge in [0.15, 0.2) is 0 Å². The van der Waals surface area contributed by atoms with Crippen LogP contribution < -0.4 is 0 Å². The highest BCUT2D eigenvalue weighted by atomic mass is 16.6. The van der Waals surface area contributed by atoms with E-state index in [0.29, 0.717) is 13.0 Å².